The lowest BCUT2D eigenvalue weighted by Gasteiger charge is -2.35. The second kappa shape index (κ2) is 16.8. The van der Waals surface area contributed by atoms with Crippen LogP contribution < -0.4 is 0 Å². The monoisotopic (exact) mass is 704 g/mol. The Morgan fingerprint density at radius 3 is 0.818 bits per heavy atom. The minimum absolute atomic E-state index is 0.236. The molecule has 44 heavy (non-hydrogen) atoms. The molecule has 0 heterocycles. The van der Waals surface area contributed by atoms with Crippen molar-refractivity contribution >= 4 is 7.82 Å². The van der Waals surface area contributed by atoms with Gasteiger partial charge < -0.3 is 0 Å². The Morgan fingerprint density at radius 1 is 0.455 bits per heavy atom. The Bertz CT molecular complexity index is 782. The van der Waals surface area contributed by atoms with E-state index in [0.29, 0.717) is 0 Å². The molecule has 0 aromatic heterocycles. The molecule has 0 spiro atoms. The first-order valence-corrected chi connectivity index (χ1v) is 14.9. The van der Waals surface area contributed by atoms with E-state index in [9.17, 15) is 70.4 Å². The van der Waals surface area contributed by atoms with Crippen LogP contribution in [-0.4, -0.2) is 73.9 Å². The number of halogens is 15. The van der Waals surface area contributed by atoms with Gasteiger partial charge in [0.2, 0.25) is 0 Å². The standard InChI is InChI=1S/C24H36F15O4P/c1-4-7-16(10-19(28,29)22(34,35)13-25)41-44(40,42-17(8-5-2)11-20(30,31)23(36,37)14-26)43-18(9-6-3)12-21(32,33)24(38,39)15-27/h16-18H,4-15H2,1-3H3. The Hall–Kier alpha value is -0.940. The van der Waals surface area contributed by atoms with Crippen molar-refractivity contribution in [3.05, 3.63) is 0 Å². The Balaban J connectivity index is 6.80. The maximum absolute atomic E-state index is 14.2. The number of rotatable bonds is 24. The molecule has 0 rings (SSSR count). The molecule has 0 aromatic rings. The van der Waals surface area contributed by atoms with Crippen LogP contribution in [0.3, 0.4) is 0 Å². The van der Waals surface area contributed by atoms with Crippen LogP contribution in [0.25, 0.3) is 0 Å². The molecule has 0 saturated heterocycles. The maximum Gasteiger partial charge on any atom is 0.475 e. The van der Waals surface area contributed by atoms with Crippen molar-refractivity contribution in [2.75, 3.05) is 20.0 Å². The zero-order valence-electron chi connectivity index (χ0n) is 24.0. The molecular formula is C24H36F15O4P. The van der Waals surface area contributed by atoms with Gasteiger partial charge in [-0.2, -0.15) is 52.7 Å². The first-order valence-electron chi connectivity index (χ1n) is 13.4. The van der Waals surface area contributed by atoms with Crippen LogP contribution in [0, 0.1) is 0 Å². The fourth-order valence-corrected chi connectivity index (χ4v) is 5.55. The highest BCUT2D eigenvalue weighted by atomic mass is 31.2. The van der Waals surface area contributed by atoms with E-state index in [-0.39, 0.29) is 19.3 Å². The second-order valence-corrected chi connectivity index (χ2v) is 11.8. The summed E-state index contributed by atoms with van der Waals surface area (Å²) in [5.41, 5.74) is 0. The predicted octanol–water partition coefficient (Wildman–Crippen LogP) is 10.5. The van der Waals surface area contributed by atoms with Crippen molar-refractivity contribution in [3.8, 4) is 0 Å². The van der Waals surface area contributed by atoms with Crippen LogP contribution in [0.2, 0.25) is 0 Å². The average Bonchev–Trinajstić information content (AvgIpc) is 2.87. The fraction of sp³-hybridized carbons (Fsp3) is 1.00. The van der Waals surface area contributed by atoms with Crippen molar-refractivity contribution in [3.63, 3.8) is 0 Å². The molecule has 0 aliphatic carbocycles. The van der Waals surface area contributed by atoms with Crippen molar-refractivity contribution in [2.24, 2.45) is 0 Å². The lowest BCUT2D eigenvalue weighted by molar-refractivity contribution is -0.232. The van der Waals surface area contributed by atoms with Crippen LogP contribution in [0.1, 0.15) is 78.6 Å². The average molecular weight is 704 g/mol. The highest BCUT2D eigenvalue weighted by Crippen LogP contribution is 2.57. The van der Waals surface area contributed by atoms with E-state index in [0.717, 1.165) is 0 Å². The summed E-state index contributed by atoms with van der Waals surface area (Å²) >= 11 is 0. The summed E-state index contributed by atoms with van der Waals surface area (Å²) in [6.07, 6.45) is -16.5. The van der Waals surface area contributed by atoms with Crippen LogP contribution in [-0.2, 0) is 18.1 Å². The zero-order valence-corrected chi connectivity index (χ0v) is 24.9. The van der Waals surface area contributed by atoms with Gasteiger partial charge in [0.25, 0.3) is 0 Å². The molecule has 0 bridgehead atoms. The van der Waals surface area contributed by atoms with E-state index >= 15 is 0 Å². The maximum atomic E-state index is 14.2. The highest BCUT2D eigenvalue weighted by Gasteiger charge is 2.60. The van der Waals surface area contributed by atoms with Gasteiger partial charge in [-0.3, -0.25) is 13.6 Å². The van der Waals surface area contributed by atoms with Crippen molar-refractivity contribution in [2.45, 2.75) is 132 Å². The third-order valence-corrected chi connectivity index (χ3v) is 7.90. The summed E-state index contributed by atoms with van der Waals surface area (Å²) in [4.78, 5) is 0. The third kappa shape index (κ3) is 12.0. The molecule has 0 N–H and O–H groups in total. The minimum atomic E-state index is -5.93. The number of alkyl halides is 15. The van der Waals surface area contributed by atoms with Crippen LogP contribution in [0.4, 0.5) is 65.9 Å². The van der Waals surface area contributed by atoms with Gasteiger partial charge in [-0.15, -0.1) is 0 Å². The van der Waals surface area contributed by atoms with Crippen molar-refractivity contribution in [1.82, 2.24) is 0 Å². The smallest absolute Gasteiger partial charge is 0.283 e. The van der Waals surface area contributed by atoms with Gasteiger partial charge in [0.15, 0.2) is 20.0 Å². The summed E-state index contributed by atoms with van der Waals surface area (Å²) in [7, 11) is -5.93. The quantitative estimate of drug-likeness (QED) is 0.0741. The van der Waals surface area contributed by atoms with Crippen LogP contribution >= 0.6 is 7.82 Å². The molecule has 0 aliphatic heterocycles. The Kier molecular flexibility index (Phi) is 16.4. The van der Waals surface area contributed by atoms with Gasteiger partial charge >= 0.3 is 43.4 Å². The first kappa shape index (κ1) is 43.1. The molecule has 3 unspecified atom stereocenters. The Morgan fingerprint density at radius 2 is 0.659 bits per heavy atom. The summed E-state index contributed by atoms with van der Waals surface area (Å²) < 4.78 is 233. The van der Waals surface area contributed by atoms with Crippen LogP contribution in [0.15, 0.2) is 0 Å². The van der Waals surface area contributed by atoms with Gasteiger partial charge in [-0.1, -0.05) is 40.0 Å². The molecule has 20 heteroatoms. The normalized spacial score (nSPS) is 17.8. The minimum Gasteiger partial charge on any atom is -0.283 e. The topological polar surface area (TPSA) is 44.8 Å². The lowest BCUT2D eigenvalue weighted by Crippen LogP contribution is -2.46. The largest absolute Gasteiger partial charge is 0.475 e. The lowest BCUT2D eigenvalue weighted by atomic mass is 10.0. The molecule has 0 aromatic carbocycles. The summed E-state index contributed by atoms with van der Waals surface area (Å²) in [6.45, 7) is -4.91. The predicted molar refractivity (Wildman–Crippen MR) is 128 cm³/mol. The SMILES string of the molecule is CCCC(CC(F)(F)C(F)(F)CF)OP(=O)(OC(CCC)CC(F)(F)C(F)(F)CF)OC(CCC)CC(F)(F)C(F)(F)CF. The first-order chi connectivity index (χ1) is 19.8. The number of hydrogen-bond donors (Lipinski definition) is 0. The van der Waals surface area contributed by atoms with Gasteiger partial charge in [-0.25, -0.2) is 17.7 Å². The zero-order chi connectivity index (χ0) is 34.8. The van der Waals surface area contributed by atoms with Crippen molar-refractivity contribution in [1.29, 1.82) is 0 Å². The van der Waals surface area contributed by atoms with E-state index in [4.69, 9.17) is 13.6 Å². The fourth-order valence-electron chi connectivity index (χ4n) is 3.76. The summed E-state index contributed by atoms with van der Waals surface area (Å²) in [5.74, 6) is -31.6. The van der Waals surface area contributed by atoms with E-state index < -0.39 is 120 Å². The summed E-state index contributed by atoms with van der Waals surface area (Å²) in [5, 5.41) is 0. The molecule has 0 radical (unpaired) electrons. The van der Waals surface area contributed by atoms with E-state index in [2.05, 4.69) is 0 Å². The molecule has 0 aliphatic rings. The molecular weight excluding hydrogens is 668 g/mol. The van der Waals surface area contributed by atoms with Gasteiger partial charge in [-0.05, 0) is 19.3 Å². The second-order valence-electron chi connectivity index (χ2n) is 10.2. The van der Waals surface area contributed by atoms with Gasteiger partial charge in [0.05, 0.1) is 18.3 Å². The molecule has 0 amide bonds. The van der Waals surface area contributed by atoms with E-state index in [1.165, 1.54) is 20.8 Å². The number of phosphoric acid groups is 1. The molecule has 3 atom stereocenters. The van der Waals surface area contributed by atoms with Gasteiger partial charge in [0.1, 0.15) is 0 Å². The van der Waals surface area contributed by atoms with Gasteiger partial charge in [0, 0.05) is 19.3 Å². The Labute approximate surface area is 245 Å². The number of hydrogen-bond acceptors (Lipinski definition) is 4. The molecule has 4 nitrogen and oxygen atoms in total. The third-order valence-electron chi connectivity index (χ3n) is 6.23. The van der Waals surface area contributed by atoms with E-state index in [1.807, 2.05) is 0 Å². The van der Waals surface area contributed by atoms with Crippen LogP contribution in [0.5, 0.6) is 0 Å². The number of phosphoric ester groups is 1. The molecule has 0 fully saturated rings. The summed E-state index contributed by atoms with van der Waals surface area (Å²) in [6, 6.07) is 0. The highest BCUT2D eigenvalue weighted by molar-refractivity contribution is 7.48. The van der Waals surface area contributed by atoms with Crippen molar-refractivity contribution < 1.29 is 84.0 Å². The molecule has 266 valence electrons. The molecule has 0 saturated carbocycles. The van der Waals surface area contributed by atoms with E-state index in [1.54, 1.807) is 0 Å².